The second-order valence-corrected chi connectivity index (χ2v) is 5.49. The fourth-order valence-corrected chi connectivity index (χ4v) is 2.31. The van der Waals surface area contributed by atoms with Gasteiger partial charge >= 0.3 is 0 Å². The van der Waals surface area contributed by atoms with Crippen molar-refractivity contribution in [3.8, 4) is 6.07 Å². The highest BCUT2D eigenvalue weighted by molar-refractivity contribution is 7.99. The third kappa shape index (κ3) is 3.83. The molecule has 6 nitrogen and oxygen atoms in total. The molecule has 1 aliphatic carbocycles. The Balaban J connectivity index is 1.83. The molecule has 19 heavy (non-hydrogen) atoms. The van der Waals surface area contributed by atoms with Crippen molar-refractivity contribution in [2.75, 3.05) is 11.5 Å². The minimum absolute atomic E-state index is 0.0315. The lowest BCUT2D eigenvalue weighted by molar-refractivity contribution is -0.119. The molecule has 2 rings (SSSR count). The maximum atomic E-state index is 11.7. The standard InChI is InChI=1S/C12H15N5OS/c1-7(8-2-3-8)16-10(18)6-19-12-15-5-9(4-13)11(14)17-12/h5,7-8H,2-3,6H2,1H3,(H,16,18)(H2,14,15,17)/t7-/m0/s1. The number of hydrogen-bond acceptors (Lipinski definition) is 6. The zero-order valence-corrected chi connectivity index (χ0v) is 11.4. The summed E-state index contributed by atoms with van der Waals surface area (Å²) in [5.74, 6) is 1.00. The molecule has 0 aromatic carbocycles. The van der Waals surface area contributed by atoms with Crippen LogP contribution in [-0.2, 0) is 4.79 Å². The van der Waals surface area contributed by atoms with Crippen LogP contribution < -0.4 is 11.1 Å². The van der Waals surface area contributed by atoms with Crippen molar-refractivity contribution in [2.24, 2.45) is 5.92 Å². The van der Waals surface area contributed by atoms with Crippen LogP contribution >= 0.6 is 11.8 Å². The second-order valence-electron chi connectivity index (χ2n) is 4.55. The summed E-state index contributed by atoms with van der Waals surface area (Å²) < 4.78 is 0. The van der Waals surface area contributed by atoms with Crippen LogP contribution in [-0.4, -0.2) is 27.7 Å². The molecule has 1 amide bonds. The number of carbonyl (C=O) groups is 1. The van der Waals surface area contributed by atoms with Crippen LogP contribution in [0.15, 0.2) is 11.4 Å². The number of amides is 1. The summed E-state index contributed by atoms with van der Waals surface area (Å²) in [5, 5.41) is 12.1. The molecule has 0 aliphatic heterocycles. The summed E-state index contributed by atoms with van der Waals surface area (Å²) in [6.45, 7) is 2.02. The topological polar surface area (TPSA) is 105 Å². The highest BCUT2D eigenvalue weighted by Gasteiger charge is 2.28. The van der Waals surface area contributed by atoms with Crippen LogP contribution in [0, 0.1) is 17.2 Å². The molecule has 0 spiro atoms. The average molecular weight is 277 g/mol. The number of nitrogens with one attached hydrogen (secondary N) is 1. The Morgan fingerprint density at radius 1 is 1.74 bits per heavy atom. The van der Waals surface area contributed by atoms with Gasteiger partial charge in [-0.15, -0.1) is 0 Å². The highest BCUT2D eigenvalue weighted by Crippen LogP contribution is 2.32. The lowest BCUT2D eigenvalue weighted by atomic mass is 10.2. The van der Waals surface area contributed by atoms with Gasteiger partial charge in [-0.05, 0) is 25.7 Å². The van der Waals surface area contributed by atoms with Crippen LogP contribution in [0.1, 0.15) is 25.3 Å². The summed E-state index contributed by atoms with van der Waals surface area (Å²) in [5.41, 5.74) is 5.83. The van der Waals surface area contributed by atoms with Gasteiger partial charge in [-0.1, -0.05) is 11.8 Å². The van der Waals surface area contributed by atoms with Gasteiger partial charge in [0, 0.05) is 6.04 Å². The van der Waals surface area contributed by atoms with E-state index in [0.717, 1.165) is 0 Å². The predicted molar refractivity (Wildman–Crippen MR) is 72.2 cm³/mol. The molecule has 7 heteroatoms. The van der Waals surface area contributed by atoms with Gasteiger partial charge in [-0.2, -0.15) is 5.26 Å². The fourth-order valence-electron chi connectivity index (χ4n) is 1.67. The highest BCUT2D eigenvalue weighted by atomic mass is 32.2. The molecule has 0 bridgehead atoms. The number of carbonyl (C=O) groups excluding carboxylic acids is 1. The minimum Gasteiger partial charge on any atom is -0.382 e. The summed E-state index contributed by atoms with van der Waals surface area (Å²) in [6, 6.07) is 2.13. The first-order valence-electron chi connectivity index (χ1n) is 6.05. The van der Waals surface area contributed by atoms with E-state index in [1.807, 2.05) is 13.0 Å². The second kappa shape index (κ2) is 5.89. The van der Waals surface area contributed by atoms with E-state index in [-0.39, 0.29) is 29.1 Å². The van der Waals surface area contributed by atoms with Gasteiger partial charge in [0.2, 0.25) is 5.91 Å². The first-order valence-corrected chi connectivity index (χ1v) is 7.03. The number of thioether (sulfide) groups is 1. The maximum absolute atomic E-state index is 11.7. The predicted octanol–water partition coefficient (Wildman–Crippen LogP) is 0.937. The van der Waals surface area contributed by atoms with Crippen molar-refractivity contribution in [1.82, 2.24) is 15.3 Å². The van der Waals surface area contributed by atoms with E-state index in [9.17, 15) is 4.79 Å². The molecule has 3 N–H and O–H groups in total. The molecule has 1 aromatic rings. The van der Waals surface area contributed by atoms with Crippen molar-refractivity contribution < 1.29 is 4.79 Å². The molecule has 1 fully saturated rings. The quantitative estimate of drug-likeness (QED) is 0.613. The van der Waals surface area contributed by atoms with E-state index in [0.29, 0.717) is 11.1 Å². The summed E-state index contributed by atoms with van der Waals surface area (Å²) in [4.78, 5) is 19.6. The molecule has 100 valence electrons. The van der Waals surface area contributed by atoms with Crippen LogP contribution in [0.4, 0.5) is 5.82 Å². The molecule has 0 saturated heterocycles. The van der Waals surface area contributed by atoms with E-state index >= 15 is 0 Å². The Kier molecular flexibility index (Phi) is 4.22. The van der Waals surface area contributed by atoms with Crippen LogP contribution in [0.2, 0.25) is 0 Å². The third-order valence-electron chi connectivity index (χ3n) is 2.97. The number of rotatable bonds is 5. The average Bonchev–Trinajstić information content (AvgIpc) is 3.20. The molecule has 1 saturated carbocycles. The van der Waals surface area contributed by atoms with Gasteiger partial charge in [0.25, 0.3) is 0 Å². The van der Waals surface area contributed by atoms with Gasteiger partial charge < -0.3 is 11.1 Å². The molecule has 0 radical (unpaired) electrons. The smallest absolute Gasteiger partial charge is 0.230 e. The summed E-state index contributed by atoms with van der Waals surface area (Å²) in [6.07, 6.45) is 3.77. The molecule has 1 aliphatic rings. The SMILES string of the molecule is C[C@H](NC(=O)CSc1ncc(C#N)c(N)n1)C1CC1. The van der Waals surface area contributed by atoms with Crippen molar-refractivity contribution in [2.45, 2.75) is 31.0 Å². The summed E-state index contributed by atoms with van der Waals surface area (Å²) in [7, 11) is 0. The zero-order valence-electron chi connectivity index (χ0n) is 10.6. The zero-order chi connectivity index (χ0) is 13.8. The van der Waals surface area contributed by atoms with Crippen molar-refractivity contribution in [3.05, 3.63) is 11.8 Å². The first kappa shape index (κ1) is 13.6. The van der Waals surface area contributed by atoms with E-state index in [1.165, 1.54) is 30.8 Å². The van der Waals surface area contributed by atoms with Gasteiger partial charge in [-0.25, -0.2) is 9.97 Å². The van der Waals surface area contributed by atoms with Gasteiger partial charge in [-0.3, -0.25) is 4.79 Å². The van der Waals surface area contributed by atoms with Gasteiger partial charge in [0.15, 0.2) is 5.16 Å². The lowest BCUT2D eigenvalue weighted by Crippen LogP contribution is -2.35. The number of nitrogen functional groups attached to an aromatic ring is 1. The molecular weight excluding hydrogens is 262 g/mol. The molecule has 1 heterocycles. The van der Waals surface area contributed by atoms with Gasteiger partial charge in [0.05, 0.1) is 11.9 Å². The monoisotopic (exact) mass is 277 g/mol. The molecule has 1 atom stereocenters. The first-order chi connectivity index (χ1) is 9.10. The van der Waals surface area contributed by atoms with Crippen LogP contribution in [0.5, 0.6) is 0 Å². The Labute approximate surface area is 115 Å². The largest absolute Gasteiger partial charge is 0.382 e. The number of aromatic nitrogens is 2. The molecule has 0 unspecified atom stereocenters. The molecular formula is C12H15N5OS. The number of hydrogen-bond donors (Lipinski definition) is 2. The Hall–Kier alpha value is -1.81. The number of nitrogens with zero attached hydrogens (tertiary/aromatic N) is 3. The van der Waals surface area contributed by atoms with E-state index in [1.54, 1.807) is 0 Å². The number of nitriles is 1. The lowest BCUT2D eigenvalue weighted by Gasteiger charge is -2.12. The van der Waals surface area contributed by atoms with Crippen LogP contribution in [0.3, 0.4) is 0 Å². The normalized spacial score (nSPS) is 15.6. The minimum atomic E-state index is -0.0315. The van der Waals surface area contributed by atoms with Crippen LogP contribution in [0.25, 0.3) is 0 Å². The molecule has 1 aromatic heterocycles. The Morgan fingerprint density at radius 2 is 2.47 bits per heavy atom. The Bertz CT molecular complexity index is 523. The number of anilines is 1. The van der Waals surface area contributed by atoms with E-state index in [4.69, 9.17) is 11.0 Å². The van der Waals surface area contributed by atoms with Crippen molar-refractivity contribution in [3.63, 3.8) is 0 Å². The fraction of sp³-hybridized carbons (Fsp3) is 0.500. The van der Waals surface area contributed by atoms with Crippen molar-refractivity contribution >= 4 is 23.5 Å². The van der Waals surface area contributed by atoms with E-state index < -0.39 is 0 Å². The summed E-state index contributed by atoms with van der Waals surface area (Å²) >= 11 is 1.21. The maximum Gasteiger partial charge on any atom is 0.230 e. The third-order valence-corrected chi connectivity index (χ3v) is 3.83. The van der Waals surface area contributed by atoms with Gasteiger partial charge in [0.1, 0.15) is 17.5 Å². The number of nitrogens with two attached hydrogens (primary N) is 1. The Morgan fingerprint density at radius 3 is 3.05 bits per heavy atom. The van der Waals surface area contributed by atoms with Crippen molar-refractivity contribution in [1.29, 1.82) is 5.26 Å². The van der Waals surface area contributed by atoms with E-state index in [2.05, 4.69) is 15.3 Å².